The van der Waals surface area contributed by atoms with Crippen LogP contribution in [-0.4, -0.2) is 18.7 Å². The van der Waals surface area contributed by atoms with Crippen molar-refractivity contribution in [2.45, 2.75) is 19.5 Å². The van der Waals surface area contributed by atoms with Gasteiger partial charge in [0, 0.05) is 0 Å². The molecule has 0 saturated carbocycles. The molecule has 0 saturated heterocycles. The number of ether oxygens (including phenoxy) is 1. The van der Waals surface area contributed by atoms with Crippen molar-refractivity contribution in [3.05, 3.63) is 6.92 Å². The van der Waals surface area contributed by atoms with Crippen molar-refractivity contribution in [3.8, 4) is 0 Å². The molecule has 0 rings (SSSR count). The Morgan fingerprint density at radius 2 is 2.44 bits per heavy atom. The highest BCUT2D eigenvalue weighted by Gasteiger charge is 2.06. The summed E-state index contributed by atoms with van der Waals surface area (Å²) in [6, 6.07) is 0. The quantitative estimate of drug-likeness (QED) is 0.539. The molecule has 0 aliphatic heterocycles. The summed E-state index contributed by atoms with van der Waals surface area (Å²) in [4.78, 5) is 10.4. The summed E-state index contributed by atoms with van der Waals surface area (Å²) < 4.78 is 16.3. The van der Waals surface area contributed by atoms with Crippen molar-refractivity contribution in [1.29, 1.82) is 0 Å². The monoisotopic (exact) mass is 133 g/mol. The largest absolute Gasteiger partial charge is 0.466 e. The van der Waals surface area contributed by atoms with E-state index < -0.39 is 12.1 Å². The van der Waals surface area contributed by atoms with Crippen molar-refractivity contribution < 1.29 is 13.9 Å². The summed E-state index contributed by atoms with van der Waals surface area (Å²) >= 11 is 0. The van der Waals surface area contributed by atoms with Crippen LogP contribution in [0.4, 0.5) is 4.39 Å². The fourth-order valence-electron chi connectivity index (χ4n) is 0.402. The van der Waals surface area contributed by atoms with Crippen molar-refractivity contribution in [2.24, 2.45) is 0 Å². The molecular formula is C6H10FO2. The van der Waals surface area contributed by atoms with Crippen LogP contribution in [0.25, 0.3) is 0 Å². The van der Waals surface area contributed by atoms with Gasteiger partial charge in [-0.3, -0.25) is 4.79 Å². The first-order chi connectivity index (χ1) is 4.16. The van der Waals surface area contributed by atoms with Gasteiger partial charge < -0.3 is 4.74 Å². The topological polar surface area (TPSA) is 26.3 Å². The van der Waals surface area contributed by atoms with Crippen molar-refractivity contribution in [2.75, 3.05) is 6.61 Å². The second-order valence-electron chi connectivity index (χ2n) is 1.71. The Morgan fingerprint density at radius 1 is 1.89 bits per heavy atom. The van der Waals surface area contributed by atoms with E-state index in [1.165, 1.54) is 6.92 Å². The predicted octanol–water partition coefficient (Wildman–Crippen LogP) is 1.11. The molecule has 0 aromatic carbocycles. The molecule has 0 N–H and O–H groups in total. The van der Waals surface area contributed by atoms with Crippen molar-refractivity contribution in [1.82, 2.24) is 0 Å². The first-order valence-corrected chi connectivity index (χ1v) is 2.75. The normalized spacial score (nSPS) is 12.8. The van der Waals surface area contributed by atoms with Crippen LogP contribution in [0, 0.1) is 6.92 Å². The predicted molar refractivity (Wildman–Crippen MR) is 31.5 cm³/mol. The van der Waals surface area contributed by atoms with Crippen LogP contribution in [0.1, 0.15) is 13.3 Å². The summed E-state index contributed by atoms with van der Waals surface area (Å²) in [6.07, 6.45) is -1.29. The molecule has 1 atom stereocenters. The molecular weight excluding hydrogens is 123 g/mol. The molecule has 0 bridgehead atoms. The minimum absolute atomic E-state index is 0.0750. The van der Waals surface area contributed by atoms with Crippen LogP contribution in [-0.2, 0) is 9.53 Å². The Balaban J connectivity index is 3.27. The van der Waals surface area contributed by atoms with Crippen molar-refractivity contribution in [3.63, 3.8) is 0 Å². The number of carbonyl (C=O) groups is 1. The van der Waals surface area contributed by atoms with E-state index in [0.29, 0.717) is 0 Å². The average Bonchev–Trinajstić information content (AvgIpc) is 1.63. The second-order valence-corrected chi connectivity index (χ2v) is 1.71. The molecule has 53 valence electrons. The lowest BCUT2D eigenvalue weighted by molar-refractivity contribution is -0.143. The summed E-state index contributed by atoms with van der Waals surface area (Å²) in [6.45, 7) is 4.65. The molecule has 0 amide bonds. The van der Waals surface area contributed by atoms with E-state index in [0.717, 1.165) is 0 Å². The van der Waals surface area contributed by atoms with Crippen molar-refractivity contribution >= 4 is 5.97 Å². The van der Waals surface area contributed by atoms with E-state index in [1.807, 2.05) is 0 Å². The van der Waals surface area contributed by atoms with E-state index in [9.17, 15) is 9.18 Å². The second kappa shape index (κ2) is 4.30. The zero-order chi connectivity index (χ0) is 7.28. The molecule has 0 aromatic rings. The molecule has 3 heteroatoms. The van der Waals surface area contributed by atoms with Crippen LogP contribution in [0.2, 0.25) is 0 Å². The molecule has 9 heavy (non-hydrogen) atoms. The Labute approximate surface area is 54.0 Å². The highest BCUT2D eigenvalue weighted by molar-refractivity contribution is 5.69. The zero-order valence-electron chi connectivity index (χ0n) is 5.39. The van der Waals surface area contributed by atoms with Crippen LogP contribution in [0.5, 0.6) is 0 Å². The van der Waals surface area contributed by atoms with Crippen LogP contribution < -0.4 is 0 Å². The van der Waals surface area contributed by atoms with Gasteiger partial charge in [0.15, 0.2) is 0 Å². The Morgan fingerprint density at radius 3 is 2.78 bits per heavy atom. The molecule has 0 aliphatic carbocycles. The zero-order valence-corrected chi connectivity index (χ0v) is 5.39. The van der Waals surface area contributed by atoms with E-state index >= 15 is 0 Å². The SMILES string of the molecule is [CH2]COC(=O)CC(C)F. The number of hydrogen-bond acceptors (Lipinski definition) is 2. The Hall–Kier alpha value is -0.600. The van der Waals surface area contributed by atoms with Crippen LogP contribution in [0.15, 0.2) is 0 Å². The Bertz CT molecular complexity index is 91.1. The molecule has 1 radical (unpaired) electrons. The van der Waals surface area contributed by atoms with Gasteiger partial charge in [0.1, 0.15) is 6.17 Å². The fraction of sp³-hybridized carbons (Fsp3) is 0.667. The number of esters is 1. The number of carbonyl (C=O) groups excluding carboxylic acids is 1. The summed E-state index contributed by atoms with van der Waals surface area (Å²) in [5, 5.41) is 0. The van der Waals surface area contributed by atoms with Gasteiger partial charge in [0.25, 0.3) is 0 Å². The number of halogens is 1. The summed E-state index contributed by atoms with van der Waals surface area (Å²) in [5.74, 6) is -0.528. The lowest BCUT2D eigenvalue weighted by atomic mass is 10.3. The third-order valence-electron chi connectivity index (χ3n) is 0.711. The van der Waals surface area contributed by atoms with Gasteiger partial charge in [-0.25, -0.2) is 4.39 Å². The third-order valence-corrected chi connectivity index (χ3v) is 0.711. The smallest absolute Gasteiger partial charge is 0.308 e. The standard InChI is InChI=1S/C6H10FO2/c1-3-9-6(8)4-5(2)7/h5H,1,3-4H2,2H3. The molecule has 0 aromatic heterocycles. The highest BCUT2D eigenvalue weighted by Crippen LogP contribution is 1.96. The van der Waals surface area contributed by atoms with E-state index in [-0.39, 0.29) is 13.0 Å². The van der Waals surface area contributed by atoms with Gasteiger partial charge in [-0.15, -0.1) is 0 Å². The van der Waals surface area contributed by atoms with Crippen LogP contribution in [0.3, 0.4) is 0 Å². The molecule has 0 heterocycles. The van der Waals surface area contributed by atoms with Gasteiger partial charge in [0.2, 0.25) is 0 Å². The minimum Gasteiger partial charge on any atom is -0.466 e. The first kappa shape index (κ1) is 8.40. The van der Waals surface area contributed by atoms with E-state index in [2.05, 4.69) is 11.7 Å². The summed E-state index contributed by atoms with van der Waals surface area (Å²) in [7, 11) is 0. The fourth-order valence-corrected chi connectivity index (χ4v) is 0.402. The van der Waals surface area contributed by atoms with Gasteiger partial charge in [0.05, 0.1) is 13.0 Å². The first-order valence-electron chi connectivity index (χ1n) is 2.75. The van der Waals surface area contributed by atoms with Crippen LogP contribution >= 0.6 is 0 Å². The van der Waals surface area contributed by atoms with Gasteiger partial charge >= 0.3 is 5.97 Å². The van der Waals surface area contributed by atoms with E-state index in [1.54, 1.807) is 0 Å². The molecule has 1 unspecified atom stereocenters. The number of hydrogen-bond donors (Lipinski definition) is 0. The third kappa shape index (κ3) is 5.27. The van der Waals surface area contributed by atoms with Gasteiger partial charge in [-0.1, -0.05) is 0 Å². The maximum Gasteiger partial charge on any atom is 0.308 e. The molecule has 0 aliphatic rings. The number of alkyl halides is 1. The highest BCUT2D eigenvalue weighted by atomic mass is 19.1. The van der Waals surface area contributed by atoms with E-state index in [4.69, 9.17) is 0 Å². The summed E-state index contributed by atoms with van der Waals surface area (Å²) in [5.41, 5.74) is 0. The average molecular weight is 133 g/mol. The molecule has 0 spiro atoms. The maximum atomic E-state index is 12.0. The molecule has 0 fully saturated rings. The lowest BCUT2D eigenvalue weighted by Crippen LogP contribution is -2.09. The van der Waals surface area contributed by atoms with Gasteiger partial charge in [-0.05, 0) is 13.8 Å². The molecule has 2 nitrogen and oxygen atoms in total. The maximum absolute atomic E-state index is 12.0. The Kier molecular flexibility index (Phi) is 4.01. The minimum atomic E-state index is -1.12. The number of rotatable bonds is 3. The lowest BCUT2D eigenvalue weighted by Gasteiger charge is -2.00. The van der Waals surface area contributed by atoms with Gasteiger partial charge in [-0.2, -0.15) is 0 Å².